The maximum atomic E-state index is 6.82. The van der Waals surface area contributed by atoms with Crippen LogP contribution in [0.5, 0.6) is 11.5 Å². The molecule has 13 rings (SSSR count). The lowest BCUT2D eigenvalue weighted by Gasteiger charge is -2.39. The van der Waals surface area contributed by atoms with Gasteiger partial charge in [0.25, 0.3) is 0 Å². The summed E-state index contributed by atoms with van der Waals surface area (Å²) in [6.45, 7) is 0. The molecule has 2 spiro atoms. The summed E-state index contributed by atoms with van der Waals surface area (Å²) in [5.74, 6) is 1.82. The normalized spacial score (nSPS) is 16.7. The van der Waals surface area contributed by atoms with Crippen LogP contribution in [-0.2, 0) is 10.8 Å². The van der Waals surface area contributed by atoms with Gasteiger partial charge in [-0.3, -0.25) is 0 Å². The smallest absolute Gasteiger partial charge is 0.132 e. The lowest BCUT2D eigenvalue weighted by Crippen LogP contribution is -2.32. The van der Waals surface area contributed by atoms with Crippen molar-refractivity contribution in [1.82, 2.24) is 0 Å². The minimum absolute atomic E-state index is 0.432. The summed E-state index contributed by atoms with van der Waals surface area (Å²) in [4.78, 5) is 0. The molecule has 0 N–H and O–H groups in total. The fourth-order valence-electron chi connectivity index (χ4n) is 11.1. The molecule has 9 aromatic rings. The highest BCUT2D eigenvalue weighted by Gasteiger charge is 2.53. The lowest BCUT2D eigenvalue weighted by molar-refractivity contribution is 0.436. The number of para-hydroxylation sites is 1. The van der Waals surface area contributed by atoms with Crippen LogP contribution in [0.25, 0.3) is 55.3 Å². The molecule has 0 fully saturated rings. The Morgan fingerprint density at radius 1 is 0.273 bits per heavy atom. The molecule has 0 saturated carbocycles. The average Bonchev–Trinajstić information content (AvgIpc) is 3.83. The van der Waals surface area contributed by atoms with E-state index in [2.05, 4.69) is 194 Å². The van der Waals surface area contributed by atoms with Crippen molar-refractivity contribution >= 4 is 10.8 Å². The molecule has 0 bridgehead atoms. The van der Waals surface area contributed by atoms with Crippen molar-refractivity contribution in [2.45, 2.75) is 10.8 Å². The van der Waals surface area contributed by atoms with Crippen molar-refractivity contribution in [2.75, 3.05) is 0 Å². The maximum Gasteiger partial charge on any atom is 0.132 e. The molecule has 4 aliphatic rings. The van der Waals surface area contributed by atoms with Crippen molar-refractivity contribution in [2.24, 2.45) is 0 Å². The molecule has 0 saturated heterocycles. The van der Waals surface area contributed by atoms with E-state index in [0.717, 1.165) is 11.5 Å². The van der Waals surface area contributed by atoms with Gasteiger partial charge in [-0.2, -0.15) is 0 Å². The number of hydrogen-bond acceptors (Lipinski definition) is 1. The maximum absolute atomic E-state index is 6.82. The molecule has 3 aliphatic carbocycles. The SMILES string of the molecule is c1ccc2c(c1)Oc1ccc(-c3cccc4c3-c3ccccc3C43c4ccccc4-c4cc5ccccc5cc43)cc1C21c2ccccc2-c2ccccc21. The van der Waals surface area contributed by atoms with Crippen LogP contribution >= 0.6 is 0 Å². The fraction of sp³-hybridized carbons (Fsp3) is 0.0370. The van der Waals surface area contributed by atoms with E-state index in [1.54, 1.807) is 0 Å². The average molecular weight is 697 g/mol. The van der Waals surface area contributed by atoms with Gasteiger partial charge in [0.2, 0.25) is 0 Å². The van der Waals surface area contributed by atoms with Gasteiger partial charge in [0.15, 0.2) is 0 Å². The summed E-state index contributed by atoms with van der Waals surface area (Å²) < 4.78 is 6.82. The Morgan fingerprint density at radius 2 is 0.745 bits per heavy atom. The Morgan fingerprint density at radius 3 is 1.44 bits per heavy atom. The van der Waals surface area contributed by atoms with E-state index in [0.29, 0.717) is 0 Å². The van der Waals surface area contributed by atoms with Gasteiger partial charge in [0, 0.05) is 11.1 Å². The van der Waals surface area contributed by atoms with Gasteiger partial charge < -0.3 is 4.74 Å². The molecule has 0 radical (unpaired) electrons. The van der Waals surface area contributed by atoms with Gasteiger partial charge in [-0.15, -0.1) is 0 Å². The highest BCUT2D eigenvalue weighted by molar-refractivity contribution is 6.03. The molecule has 254 valence electrons. The Bertz CT molecular complexity index is 3100. The number of benzene rings is 9. The van der Waals surface area contributed by atoms with Crippen molar-refractivity contribution in [3.05, 3.63) is 239 Å². The molecular weight excluding hydrogens is 665 g/mol. The molecule has 1 heteroatoms. The number of ether oxygens (including phenoxy) is 1. The third-order valence-corrected chi connectivity index (χ3v) is 13.1. The van der Waals surface area contributed by atoms with Gasteiger partial charge in [-0.05, 0) is 119 Å². The first-order chi connectivity index (χ1) is 27.3. The molecular formula is C54H32O. The number of fused-ring (bicyclic) bond motifs is 20. The predicted octanol–water partition coefficient (Wildman–Crippen LogP) is 13.3. The molecule has 1 atom stereocenters. The van der Waals surface area contributed by atoms with Gasteiger partial charge in [0.05, 0.1) is 10.8 Å². The second kappa shape index (κ2) is 10.4. The monoisotopic (exact) mass is 696 g/mol. The van der Waals surface area contributed by atoms with Crippen molar-refractivity contribution in [3.63, 3.8) is 0 Å². The van der Waals surface area contributed by atoms with Gasteiger partial charge in [-0.25, -0.2) is 0 Å². The highest BCUT2D eigenvalue weighted by atomic mass is 16.5. The standard InChI is InChI=1S/C54H32O/c1-2-15-34-31-48-41(30-33(34)14-1)39-18-5-9-23-44(39)54(48)45-24-10-6-19-40(45)52-36(20-13-26-47(52)54)35-28-29-51-49(32-35)53(46-25-11-12-27-50(46)55-51)42-21-7-3-16-37(42)38-17-4-8-22-43(38)53/h1-32H. The van der Waals surface area contributed by atoms with E-state index in [1.165, 1.54) is 99.8 Å². The van der Waals surface area contributed by atoms with Crippen LogP contribution in [0, 0.1) is 0 Å². The zero-order valence-corrected chi connectivity index (χ0v) is 29.9. The van der Waals surface area contributed by atoms with E-state index in [9.17, 15) is 0 Å². The third kappa shape index (κ3) is 3.46. The van der Waals surface area contributed by atoms with Gasteiger partial charge >= 0.3 is 0 Å². The van der Waals surface area contributed by atoms with E-state index in [-0.39, 0.29) is 0 Å². The van der Waals surface area contributed by atoms with Crippen molar-refractivity contribution < 1.29 is 4.74 Å². The summed E-state index contributed by atoms with van der Waals surface area (Å²) in [6.07, 6.45) is 0. The predicted molar refractivity (Wildman–Crippen MR) is 223 cm³/mol. The first-order valence-corrected chi connectivity index (χ1v) is 19.3. The molecule has 1 nitrogen and oxygen atoms in total. The quantitative estimate of drug-likeness (QED) is 0.166. The van der Waals surface area contributed by atoms with Crippen LogP contribution in [0.3, 0.4) is 0 Å². The largest absolute Gasteiger partial charge is 0.457 e. The van der Waals surface area contributed by atoms with Crippen LogP contribution in [0.2, 0.25) is 0 Å². The van der Waals surface area contributed by atoms with Crippen molar-refractivity contribution in [1.29, 1.82) is 0 Å². The van der Waals surface area contributed by atoms with Crippen molar-refractivity contribution in [3.8, 4) is 56.0 Å². The summed E-state index contributed by atoms with van der Waals surface area (Å²) in [5.41, 5.74) is 19.7. The van der Waals surface area contributed by atoms with E-state index in [4.69, 9.17) is 4.74 Å². The van der Waals surface area contributed by atoms with Crippen LogP contribution in [-0.4, -0.2) is 0 Å². The van der Waals surface area contributed by atoms with E-state index >= 15 is 0 Å². The summed E-state index contributed by atoms with van der Waals surface area (Å²) >= 11 is 0. The molecule has 55 heavy (non-hydrogen) atoms. The molecule has 0 aromatic heterocycles. The Hall–Kier alpha value is -6.96. The lowest BCUT2D eigenvalue weighted by atomic mass is 9.65. The summed E-state index contributed by atoms with van der Waals surface area (Å²) in [6, 6.07) is 72.4. The Balaban J connectivity index is 1.11. The van der Waals surface area contributed by atoms with Crippen LogP contribution in [0.15, 0.2) is 194 Å². The second-order valence-electron chi connectivity index (χ2n) is 15.5. The third-order valence-electron chi connectivity index (χ3n) is 13.1. The zero-order valence-electron chi connectivity index (χ0n) is 29.9. The Kier molecular flexibility index (Phi) is 5.56. The highest BCUT2D eigenvalue weighted by Crippen LogP contribution is 2.66. The molecule has 1 heterocycles. The van der Waals surface area contributed by atoms with Crippen LogP contribution in [0.1, 0.15) is 44.5 Å². The molecule has 1 aliphatic heterocycles. The fourth-order valence-corrected chi connectivity index (χ4v) is 11.1. The Labute approximate surface area is 319 Å². The van der Waals surface area contributed by atoms with Gasteiger partial charge in [0.1, 0.15) is 11.5 Å². The van der Waals surface area contributed by atoms with Gasteiger partial charge in [-0.1, -0.05) is 164 Å². The molecule has 9 aromatic carbocycles. The molecule has 1 unspecified atom stereocenters. The topological polar surface area (TPSA) is 9.23 Å². The molecule has 0 amide bonds. The van der Waals surface area contributed by atoms with Crippen LogP contribution in [0.4, 0.5) is 0 Å². The van der Waals surface area contributed by atoms with E-state index in [1.807, 2.05) is 0 Å². The minimum Gasteiger partial charge on any atom is -0.457 e. The zero-order chi connectivity index (χ0) is 35.9. The first kappa shape index (κ1) is 29.5. The van der Waals surface area contributed by atoms with Crippen LogP contribution < -0.4 is 4.74 Å². The van der Waals surface area contributed by atoms with E-state index < -0.39 is 10.8 Å². The minimum atomic E-state index is -0.519. The summed E-state index contributed by atoms with van der Waals surface area (Å²) in [5, 5.41) is 2.54. The summed E-state index contributed by atoms with van der Waals surface area (Å²) in [7, 11) is 0. The number of hydrogen-bond donors (Lipinski definition) is 0. The first-order valence-electron chi connectivity index (χ1n) is 19.3. The number of rotatable bonds is 1. The second-order valence-corrected chi connectivity index (χ2v) is 15.5.